The molecule has 1 aliphatic heterocycles. The highest BCUT2D eigenvalue weighted by atomic mass is 32.1. The standard InChI is InChI=1S/C33H31N3O6S/c1-4-40-25-17-15-22(16-18-25)30-29(31(38)35-24-12-7-6-8-13-24)21(3)34-33-36(30)32(39)27(43-33)19-23-11-9-10-14-26(23)42-20-28(37)41-5-2/h6-19,30H,4-5,20H2,1-3H3,(H,35,38)/b27-19-/t30-/m1/s1. The Balaban J connectivity index is 1.60. The number of benzene rings is 3. The van der Waals surface area contributed by atoms with Crippen LogP contribution in [0.15, 0.2) is 99.9 Å². The predicted octanol–water partition coefficient (Wildman–Crippen LogP) is 4.21. The van der Waals surface area contributed by atoms with E-state index in [-0.39, 0.29) is 24.7 Å². The van der Waals surface area contributed by atoms with Crippen molar-refractivity contribution < 1.29 is 23.8 Å². The first-order valence-electron chi connectivity index (χ1n) is 13.9. The number of ether oxygens (including phenoxy) is 3. The Labute approximate surface area is 252 Å². The lowest BCUT2D eigenvalue weighted by molar-refractivity contribution is -0.145. The van der Waals surface area contributed by atoms with Crippen LogP contribution in [0, 0.1) is 0 Å². The maximum Gasteiger partial charge on any atom is 0.344 e. The van der Waals surface area contributed by atoms with E-state index in [1.807, 2.05) is 55.5 Å². The van der Waals surface area contributed by atoms with Gasteiger partial charge < -0.3 is 19.5 Å². The molecule has 10 heteroatoms. The van der Waals surface area contributed by atoms with Crippen LogP contribution in [0.25, 0.3) is 6.08 Å². The number of nitrogens with one attached hydrogen (secondary N) is 1. The van der Waals surface area contributed by atoms with Crippen LogP contribution in [0.2, 0.25) is 0 Å². The molecule has 0 spiro atoms. The molecular weight excluding hydrogens is 566 g/mol. The van der Waals surface area contributed by atoms with Gasteiger partial charge in [-0.3, -0.25) is 14.2 Å². The maximum absolute atomic E-state index is 14.1. The number of carbonyl (C=O) groups excluding carboxylic acids is 2. The largest absolute Gasteiger partial charge is 0.494 e. The molecule has 0 saturated heterocycles. The Hall–Kier alpha value is -4.96. The molecule has 0 fully saturated rings. The molecule has 2 heterocycles. The van der Waals surface area contributed by atoms with Crippen LogP contribution in [0.3, 0.4) is 0 Å². The summed E-state index contributed by atoms with van der Waals surface area (Å²) in [5, 5.41) is 2.95. The monoisotopic (exact) mass is 597 g/mol. The van der Waals surface area contributed by atoms with Gasteiger partial charge in [-0.2, -0.15) is 0 Å². The highest BCUT2D eigenvalue weighted by Crippen LogP contribution is 2.32. The van der Waals surface area contributed by atoms with E-state index < -0.39 is 12.0 Å². The second kappa shape index (κ2) is 13.3. The Bertz CT molecular complexity index is 1840. The molecule has 5 rings (SSSR count). The van der Waals surface area contributed by atoms with Crippen molar-refractivity contribution in [2.75, 3.05) is 25.1 Å². The van der Waals surface area contributed by atoms with Crippen molar-refractivity contribution >= 4 is 35.0 Å². The first-order chi connectivity index (χ1) is 20.9. The molecule has 0 saturated carbocycles. The van der Waals surface area contributed by atoms with Crippen molar-refractivity contribution in [2.24, 2.45) is 4.99 Å². The van der Waals surface area contributed by atoms with Crippen LogP contribution < -0.4 is 29.7 Å². The number of aromatic nitrogens is 1. The molecule has 9 nitrogen and oxygen atoms in total. The highest BCUT2D eigenvalue weighted by molar-refractivity contribution is 7.07. The summed E-state index contributed by atoms with van der Waals surface area (Å²) in [5.41, 5.74) is 2.56. The summed E-state index contributed by atoms with van der Waals surface area (Å²) in [7, 11) is 0. The third-order valence-electron chi connectivity index (χ3n) is 6.66. The third-order valence-corrected chi connectivity index (χ3v) is 7.64. The number of fused-ring (bicyclic) bond motifs is 1. The number of thiazole rings is 1. The van der Waals surface area contributed by atoms with Crippen LogP contribution in [-0.4, -0.2) is 36.3 Å². The maximum atomic E-state index is 14.1. The quantitative estimate of drug-likeness (QED) is 0.275. The zero-order valence-electron chi connectivity index (χ0n) is 24.0. The van der Waals surface area contributed by atoms with E-state index in [2.05, 4.69) is 5.32 Å². The van der Waals surface area contributed by atoms with Crippen molar-refractivity contribution in [3.05, 3.63) is 121 Å². The van der Waals surface area contributed by atoms with Gasteiger partial charge in [0, 0.05) is 11.3 Å². The van der Waals surface area contributed by atoms with Crippen LogP contribution >= 0.6 is 11.3 Å². The van der Waals surface area contributed by atoms with Gasteiger partial charge in [-0.1, -0.05) is 59.9 Å². The zero-order valence-corrected chi connectivity index (χ0v) is 24.9. The molecule has 1 aromatic heterocycles. The van der Waals surface area contributed by atoms with E-state index in [4.69, 9.17) is 19.2 Å². The summed E-state index contributed by atoms with van der Waals surface area (Å²) in [6.07, 6.45) is 1.71. The highest BCUT2D eigenvalue weighted by Gasteiger charge is 2.32. The zero-order chi connectivity index (χ0) is 30.3. The van der Waals surface area contributed by atoms with Gasteiger partial charge in [0.25, 0.3) is 11.5 Å². The second-order valence-corrected chi connectivity index (χ2v) is 10.5. The molecule has 220 valence electrons. The molecule has 1 atom stereocenters. The Kier molecular flexibility index (Phi) is 9.17. The number of anilines is 1. The molecule has 0 unspecified atom stereocenters. The Morgan fingerprint density at radius 2 is 1.67 bits per heavy atom. The summed E-state index contributed by atoms with van der Waals surface area (Å²) in [5.74, 6) is 0.291. The van der Waals surface area contributed by atoms with Crippen molar-refractivity contribution in [1.82, 2.24) is 4.57 Å². The van der Waals surface area contributed by atoms with Gasteiger partial charge in [-0.15, -0.1) is 0 Å². The molecule has 3 aromatic carbocycles. The van der Waals surface area contributed by atoms with Crippen molar-refractivity contribution in [1.29, 1.82) is 0 Å². The third kappa shape index (κ3) is 6.60. The lowest BCUT2D eigenvalue weighted by atomic mass is 9.95. The van der Waals surface area contributed by atoms with Gasteiger partial charge in [0.2, 0.25) is 0 Å². The van der Waals surface area contributed by atoms with E-state index in [1.54, 1.807) is 54.8 Å². The molecule has 1 aliphatic rings. The topological polar surface area (TPSA) is 108 Å². The number of hydrogen-bond acceptors (Lipinski definition) is 8. The molecule has 1 amide bonds. The fourth-order valence-corrected chi connectivity index (χ4v) is 5.81. The van der Waals surface area contributed by atoms with E-state index >= 15 is 0 Å². The normalized spacial score (nSPS) is 14.5. The number of para-hydroxylation sites is 2. The fraction of sp³-hybridized carbons (Fsp3) is 0.212. The van der Waals surface area contributed by atoms with Gasteiger partial charge in [0.05, 0.1) is 35.1 Å². The average Bonchev–Trinajstić information content (AvgIpc) is 3.31. The number of nitrogens with zero attached hydrogens (tertiary/aromatic N) is 2. The molecule has 43 heavy (non-hydrogen) atoms. The van der Waals surface area contributed by atoms with Crippen molar-refractivity contribution in [3.8, 4) is 11.5 Å². The number of hydrogen-bond donors (Lipinski definition) is 1. The Morgan fingerprint density at radius 1 is 0.953 bits per heavy atom. The summed E-state index contributed by atoms with van der Waals surface area (Å²) < 4.78 is 18.2. The van der Waals surface area contributed by atoms with Gasteiger partial charge >= 0.3 is 5.97 Å². The average molecular weight is 598 g/mol. The van der Waals surface area contributed by atoms with E-state index in [0.29, 0.717) is 50.0 Å². The van der Waals surface area contributed by atoms with Gasteiger partial charge in [-0.05, 0) is 62.7 Å². The minimum atomic E-state index is -0.729. The van der Waals surface area contributed by atoms with Crippen LogP contribution in [-0.2, 0) is 14.3 Å². The lowest BCUT2D eigenvalue weighted by Crippen LogP contribution is -2.40. The predicted molar refractivity (Wildman–Crippen MR) is 165 cm³/mol. The first kappa shape index (κ1) is 29.5. The summed E-state index contributed by atoms with van der Waals surface area (Å²) in [6, 6.07) is 22.9. The molecule has 0 aliphatic carbocycles. The number of rotatable bonds is 10. The van der Waals surface area contributed by atoms with E-state index in [0.717, 1.165) is 5.56 Å². The number of carbonyl (C=O) groups is 2. The van der Waals surface area contributed by atoms with Gasteiger partial charge in [-0.25, -0.2) is 9.79 Å². The minimum Gasteiger partial charge on any atom is -0.494 e. The second-order valence-electron chi connectivity index (χ2n) is 9.54. The van der Waals surface area contributed by atoms with E-state index in [1.165, 1.54) is 11.3 Å². The van der Waals surface area contributed by atoms with E-state index in [9.17, 15) is 14.4 Å². The minimum absolute atomic E-state index is 0.253. The SMILES string of the molecule is CCOC(=O)COc1ccccc1/C=c1\sc2n(c1=O)[C@H](c1ccc(OCC)cc1)C(C(=O)Nc1ccccc1)=C(C)N=2. The lowest BCUT2D eigenvalue weighted by Gasteiger charge is -2.25. The molecule has 0 bridgehead atoms. The van der Waals surface area contributed by atoms with Crippen molar-refractivity contribution in [2.45, 2.75) is 26.8 Å². The summed E-state index contributed by atoms with van der Waals surface area (Å²) in [6.45, 7) is 5.93. The number of esters is 1. The fourth-order valence-electron chi connectivity index (χ4n) is 4.77. The Morgan fingerprint density at radius 3 is 2.40 bits per heavy atom. The molecule has 0 radical (unpaired) electrons. The van der Waals surface area contributed by atoms with Gasteiger partial charge in [0.1, 0.15) is 11.5 Å². The van der Waals surface area contributed by atoms with Crippen LogP contribution in [0.5, 0.6) is 11.5 Å². The molecular formula is C33H31N3O6S. The summed E-state index contributed by atoms with van der Waals surface area (Å²) in [4.78, 5) is 44.8. The molecule has 1 N–H and O–H groups in total. The number of allylic oxidation sites excluding steroid dienone is 1. The smallest absolute Gasteiger partial charge is 0.344 e. The van der Waals surface area contributed by atoms with Gasteiger partial charge in [0.15, 0.2) is 11.4 Å². The van der Waals surface area contributed by atoms with Crippen LogP contribution in [0.1, 0.15) is 37.9 Å². The van der Waals surface area contributed by atoms with Crippen LogP contribution in [0.4, 0.5) is 5.69 Å². The summed E-state index contributed by atoms with van der Waals surface area (Å²) >= 11 is 1.22. The molecule has 4 aromatic rings. The number of amides is 1. The first-order valence-corrected chi connectivity index (χ1v) is 14.7. The van der Waals surface area contributed by atoms with Crippen molar-refractivity contribution in [3.63, 3.8) is 0 Å².